The average molecular weight is 356 g/mol. The standard InChI is InChI=1S/C19H18ClN3O2/c1-13-6-8-14(9-7-13)10-11-21-18(24)19-23-22-17(25-19)12-15-4-2-3-5-16(15)20/h2-9H,10-12H2,1H3,(H,21,24). The summed E-state index contributed by atoms with van der Waals surface area (Å²) < 4.78 is 5.43. The van der Waals surface area contributed by atoms with Gasteiger partial charge in [0.1, 0.15) is 0 Å². The summed E-state index contributed by atoms with van der Waals surface area (Å²) in [6.45, 7) is 2.55. The monoisotopic (exact) mass is 355 g/mol. The first-order valence-corrected chi connectivity index (χ1v) is 8.39. The summed E-state index contributed by atoms with van der Waals surface area (Å²) >= 11 is 6.11. The van der Waals surface area contributed by atoms with E-state index in [1.165, 1.54) is 5.56 Å². The molecule has 1 amide bonds. The molecule has 25 heavy (non-hydrogen) atoms. The van der Waals surface area contributed by atoms with Crippen molar-refractivity contribution in [1.82, 2.24) is 15.5 Å². The van der Waals surface area contributed by atoms with Gasteiger partial charge in [0.15, 0.2) is 0 Å². The van der Waals surface area contributed by atoms with E-state index in [4.69, 9.17) is 16.0 Å². The second-order valence-corrected chi connectivity index (χ2v) is 6.17. The van der Waals surface area contributed by atoms with E-state index in [1.54, 1.807) is 6.07 Å². The number of hydrogen-bond donors (Lipinski definition) is 1. The first-order chi connectivity index (χ1) is 12.1. The van der Waals surface area contributed by atoms with Gasteiger partial charge >= 0.3 is 11.8 Å². The molecule has 3 aromatic rings. The van der Waals surface area contributed by atoms with Crippen molar-refractivity contribution in [2.45, 2.75) is 19.8 Å². The Morgan fingerprint density at radius 1 is 1.12 bits per heavy atom. The molecule has 0 aliphatic rings. The number of nitrogens with zero attached hydrogens (tertiary/aromatic N) is 2. The smallest absolute Gasteiger partial charge is 0.308 e. The fourth-order valence-corrected chi connectivity index (χ4v) is 2.57. The Bertz CT molecular complexity index is 859. The fraction of sp³-hybridized carbons (Fsp3) is 0.211. The zero-order valence-corrected chi connectivity index (χ0v) is 14.6. The molecule has 0 spiro atoms. The van der Waals surface area contributed by atoms with Crippen molar-refractivity contribution in [3.8, 4) is 0 Å². The Morgan fingerprint density at radius 2 is 1.88 bits per heavy atom. The second kappa shape index (κ2) is 7.94. The SMILES string of the molecule is Cc1ccc(CCNC(=O)c2nnc(Cc3ccccc3Cl)o2)cc1. The van der Waals surface area contributed by atoms with Gasteiger partial charge in [-0.2, -0.15) is 0 Å². The normalized spacial score (nSPS) is 10.6. The molecule has 6 heteroatoms. The van der Waals surface area contributed by atoms with Crippen LogP contribution in [0.1, 0.15) is 33.3 Å². The maximum Gasteiger partial charge on any atom is 0.308 e. The number of carbonyl (C=O) groups excluding carboxylic acids is 1. The van der Waals surface area contributed by atoms with Crippen LogP contribution in [-0.4, -0.2) is 22.6 Å². The summed E-state index contributed by atoms with van der Waals surface area (Å²) in [5, 5.41) is 11.1. The lowest BCUT2D eigenvalue weighted by molar-refractivity contribution is 0.0918. The minimum absolute atomic E-state index is 0.0361. The van der Waals surface area contributed by atoms with Gasteiger partial charge in [-0.1, -0.05) is 59.6 Å². The number of aromatic nitrogens is 2. The van der Waals surface area contributed by atoms with Gasteiger partial charge in [0.25, 0.3) is 0 Å². The molecule has 0 aliphatic heterocycles. The highest BCUT2D eigenvalue weighted by Gasteiger charge is 2.15. The van der Waals surface area contributed by atoms with Crippen LogP contribution in [0.15, 0.2) is 52.9 Å². The summed E-state index contributed by atoms with van der Waals surface area (Å²) in [5.41, 5.74) is 3.25. The van der Waals surface area contributed by atoms with E-state index >= 15 is 0 Å². The topological polar surface area (TPSA) is 68.0 Å². The van der Waals surface area contributed by atoms with Gasteiger partial charge in [0, 0.05) is 11.6 Å². The number of nitrogens with one attached hydrogen (secondary N) is 1. The molecule has 0 saturated carbocycles. The van der Waals surface area contributed by atoms with Gasteiger partial charge in [0.2, 0.25) is 5.89 Å². The molecule has 3 rings (SSSR count). The number of hydrogen-bond acceptors (Lipinski definition) is 4. The van der Waals surface area contributed by atoms with E-state index < -0.39 is 0 Å². The lowest BCUT2D eigenvalue weighted by Crippen LogP contribution is -2.26. The first kappa shape index (κ1) is 17.2. The van der Waals surface area contributed by atoms with Crippen molar-refractivity contribution in [3.05, 3.63) is 82.0 Å². The van der Waals surface area contributed by atoms with Crippen molar-refractivity contribution >= 4 is 17.5 Å². The van der Waals surface area contributed by atoms with Gasteiger partial charge in [-0.05, 0) is 30.5 Å². The molecule has 0 saturated heterocycles. The van der Waals surface area contributed by atoms with E-state index in [1.807, 2.05) is 25.1 Å². The number of halogens is 1. The molecular weight excluding hydrogens is 338 g/mol. The summed E-state index contributed by atoms with van der Waals surface area (Å²) in [5.74, 6) is -0.0484. The molecular formula is C19H18ClN3O2. The highest BCUT2D eigenvalue weighted by Crippen LogP contribution is 2.18. The Labute approximate surface area is 151 Å². The van der Waals surface area contributed by atoms with Crippen LogP contribution < -0.4 is 5.32 Å². The Balaban J connectivity index is 1.53. The van der Waals surface area contributed by atoms with Gasteiger partial charge in [-0.25, -0.2) is 0 Å². The minimum atomic E-state index is -0.370. The van der Waals surface area contributed by atoms with Crippen LogP contribution in [0.25, 0.3) is 0 Å². The van der Waals surface area contributed by atoms with Crippen molar-refractivity contribution < 1.29 is 9.21 Å². The van der Waals surface area contributed by atoms with Gasteiger partial charge in [-0.3, -0.25) is 4.79 Å². The summed E-state index contributed by atoms with van der Waals surface area (Å²) in [7, 11) is 0. The summed E-state index contributed by atoms with van der Waals surface area (Å²) in [4.78, 5) is 12.1. The molecule has 0 atom stereocenters. The Morgan fingerprint density at radius 3 is 2.64 bits per heavy atom. The molecule has 0 aliphatic carbocycles. The second-order valence-electron chi connectivity index (χ2n) is 5.76. The third kappa shape index (κ3) is 4.67. The third-order valence-electron chi connectivity index (χ3n) is 3.78. The summed E-state index contributed by atoms with van der Waals surface area (Å²) in [6, 6.07) is 15.6. The Kier molecular flexibility index (Phi) is 5.46. The lowest BCUT2D eigenvalue weighted by Gasteiger charge is -2.03. The predicted octanol–water partition coefficient (Wildman–Crippen LogP) is 3.59. The summed E-state index contributed by atoms with van der Waals surface area (Å²) in [6.07, 6.45) is 1.13. The van der Waals surface area contributed by atoms with Crippen LogP contribution >= 0.6 is 11.6 Å². The molecule has 5 nitrogen and oxygen atoms in total. The van der Waals surface area contributed by atoms with Crippen LogP contribution in [0.4, 0.5) is 0 Å². The van der Waals surface area contributed by atoms with E-state index in [9.17, 15) is 4.79 Å². The average Bonchev–Trinajstić information content (AvgIpc) is 3.07. The number of rotatable bonds is 6. The maximum atomic E-state index is 12.1. The minimum Gasteiger partial charge on any atom is -0.417 e. The number of carbonyl (C=O) groups is 1. The van der Waals surface area contributed by atoms with Crippen molar-refractivity contribution in [2.24, 2.45) is 0 Å². The molecule has 0 radical (unpaired) electrons. The van der Waals surface area contributed by atoms with Crippen LogP contribution in [0.3, 0.4) is 0 Å². The molecule has 2 aromatic carbocycles. The number of amides is 1. The zero-order valence-electron chi connectivity index (χ0n) is 13.8. The van der Waals surface area contributed by atoms with Gasteiger partial charge in [-0.15, -0.1) is 10.2 Å². The maximum absolute atomic E-state index is 12.1. The van der Waals surface area contributed by atoms with Crippen LogP contribution in [-0.2, 0) is 12.8 Å². The molecule has 0 unspecified atom stereocenters. The predicted molar refractivity (Wildman–Crippen MR) is 95.8 cm³/mol. The largest absolute Gasteiger partial charge is 0.417 e. The quantitative estimate of drug-likeness (QED) is 0.733. The highest BCUT2D eigenvalue weighted by atomic mass is 35.5. The van der Waals surface area contributed by atoms with Gasteiger partial charge in [0.05, 0.1) is 6.42 Å². The van der Waals surface area contributed by atoms with Crippen LogP contribution in [0, 0.1) is 6.92 Å². The fourth-order valence-electron chi connectivity index (χ4n) is 2.37. The van der Waals surface area contributed by atoms with Crippen LogP contribution in [0.5, 0.6) is 0 Å². The van der Waals surface area contributed by atoms with Crippen LogP contribution in [0.2, 0.25) is 5.02 Å². The van der Waals surface area contributed by atoms with Crippen molar-refractivity contribution in [1.29, 1.82) is 0 Å². The van der Waals surface area contributed by atoms with E-state index in [2.05, 4.69) is 39.8 Å². The first-order valence-electron chi connectivity index (χ1n) is 8.01. The van der Waals surface area contributed by atoms with E-state index in [-0.39, 0.29) is 11.8 Å². The van der Waals surface area contributed by atoms with Crippen molar-refractivity contribution in [2.75, 3.05) is 6.54 Å². The lowest BCUT2D eigenvalue weighted by atomic mass is 10.1. The van der Waals surface area contributed by atoms with E-state index in [0.717, 1.165) is 17.5 Å². The van der Waals surface area contributed by atoms with E-state index in [0.29, 0.717) is 23.9 Å². The molecule has 1 N–H and O–H groups in total. The Hall–Kier alpha value is -2.66. The zero-order chi connectivity index (χ0) is 17.6. The third-order valence-corrected chi connectivity index (χ3v) is 4.15. The molecule has 0 fully saturated rings. The molecule has 0 bridgehead atoms. The number of benzene rings is 2. The molecule has 1 aromatic heterocycles. The molecule has 1 heterocycles. The highest BCUT2D eigenvalue weighted by molar-refractivity contribution is 6.31. The number of aryl methyl sites for hydroxylation is 1. The van der Waals surface area contributed by atoms with Gasteiger partial charge < -0.3 is 9.73 Å². The molecule has 128 valence electrons. The van der Waals surface area contributed by atoms with Crippen molar-refractivity contribution in [3.63, 3.8) is 0 Å².